The second-order valence-electron chi connectivity index (χ2n) is 4.86. The maximum Gasteiger partial charge on any atom is 0.0808 e. The van der Waals surface area contributed by atoms with Gasteiger partial charge in [-0.15, -0.1) is 0 Å². The highest BCUT2D eigenvalue weighted by atomic mass is 16.5. The number of allylic oxidation sites excluding steroid dienone is 1. The second-order valence-corrected chi connectivity index (χ2v) is 4.86. The first-order valence-electron chi connectivity index (χ1n) is 7.27. The van der Waals surface area contributed by atoms with E-state index >= 15 is 0 Å². The number of unbranched alkanes of at least 4 members (excludes halogenated alkanes) is 3. The van der Waals surface area contributed by atoms with Gasteiger partial charge in [-0.05, 0) is 24.8 Å². The molecule has 0 aromatic heterocycles. The number of hydrogen-bond acceptors (Lipinski definition) is 2. The molecule has 0 spiro atoms. The van der Waals surface area contributed by atoms with Gasteiger partial charge < -0.3 is 9.84 Å². The number of aliphatic hydroxyl groups excluding tert-OH is 1. The summed E-state index contributed by atoms with van der Waals surface area (Å²) < 4.78 is 5.49. The van der Waals surface area contributed by atoms with E-state index < -0.39 is 6.10 Å². The molecular weight excluding hydrogens is 236 g/mol. The molecule has 2 heteroatoms. The first-order chi connectivity index (χ1) is 9.33. The maximum atomic E-state index is 9.75. The minimum absolute atomic E-state index is 0.397. The first kappa shape index (κ1) is 15.9. The standard InChI is InChI=1S/C17H26O2/c1-2-3-4-5-6-10-13-17(18)15-19-14-16-11-8-7-9-12-16/h6-12,17-18H,2-5,13-15H2,1H3. The third-order valence-corrected chi connectivity index (χ3v) is 2.97. The summed E-state index contributed by atoms with van der Waals surface area (Å²) in [4.78, 5) is 0. The zero-order valence-corrected chi connectivity index (χ0v) is 11.9. The number of rotatable bonds is 10. The van der Waals surface area contributed by atoms with E-state index in [1.807, 2.05) is 30.3 Å². The largest absolute Gasteiger partial charge is 0.390 e. The molecule has 1 atom stereocenters. The smallest absolute Gasteiger partial charge is 0.0808 e. The van der Waals surface area contributed by atoms with Gasteiger partial charge in [0.2, 0.25) is 0 Å². The summed E-state index contributed by atoms with van der Waals surface area (Å²) in [5.74, 6) is 0. The van der Waals surface area contributed by atoms with E-state index in [-0.39, 0.29) is 0 Å². The van der Waals surface area contributed by atoms with Crippen molar-refractivity contribution in [2.75, 3.05) is 6.61 Å². The lowest BCUT2D eigenvalue weighted by molar-refractivity contribution is 0.0301. The molecule has 0 radical (unpaired) electrons. The topological polar surface area (TPSA) is 29.5 Å². The molecule has 0 bridgehead atoms. The van der Waals surface area contributed by atoms with Crippen LogP contribution in [0.15, 0.2) is 42.5 Å². The monoisotopic (exact) mass is 262 g/mol. The lowest BCUT2D eigenvalue weighted by Gasteiger charge is -2.09. The van der Waals surface area contributed by atoms with Crippen LogP contribution in [0.25, 0.3) is 0 Å². The number of hydrogen-bond donors (Lipinski definition) is 1. The van der Waals surface area contributed by atoms with Gasteiger partial charge in [-0.3, -0.25) is 0 Å². The van der Waals surface area contributed by atoms with Gasteiger partial charge in [-0.25, -0.2) is 0 Å². The molecule has 0 fully saturated rings. The molecule has 1 aromatic rings. The molecule has 2 nitrogen and oxygen atoms in total. The Morgan fingerprint density at radius 1 is 1.16 bits per heavy atom. The third-order valence-electron chi connectivity index (χ3n) is 2.97. The zero-order valence-electron chi connectivity index (χ0n) is 11.9. The van der Waals surface area contributed by atoms with Gasteiger partial charge in [-0.1, -0.05) is 62.2 Å². The highest BCUT2D eigenvalue weighted by Gasteiger charge is 2.01. The summed E-state index contributed by atoms with van der Waals surface area (Å²) in [5.41, 5.74) is 1.14. The van der Waals surface area contributed by atoms with Crippen LogP contribution in [0.3, 0.4) is 0 Å². The van der Waals surface area contributed by atoms with E-state index in [4.69, 9.17) is 4.74 Å². The SMILES string of the molecule is CCCCCC=CCC(O)COCc1ccccc1. The molecule has 0 saturated carbocycles. The predicted octanol–water partition coefficient (Wildman–Crippen LogP) is 4.09. The predicted molar refractivity (Wildman–Crippen MR) is 80.0 cm³/mol. The highest BCUT2D eigenvalue weighted by molar-refractivity contribution is 5.13. The number of benzene rings is 1. The van der Waals surface area contributed by atoms with Gasteiger partial charge in [0.25, 0.3) is 0 Å². The van der Waals surface area contributed by atoms with E-state index in [0.29, 0.717) is 19.6 Å². The van der Waals surface area contributed by atoms with E-state index in [9.17, 15) is 5.11 Å². The van der Waals surface area contributed by atoms with Crippen molar-refractivity contribution < 1.29 is 9.84 Å². The summed E-state index contributed by atoms with van der Waals surface area (Å²) in [7, 11) is 0. The Hall–Kier alpha value is -1.12. The lowest BCUT2D eigenvalue weighted by atomic mass is 10.2. The van der Waals surface area contributed by atoms with Crippen molar-refractivity contribution >= 4 is 0 Å². The third kappa shape index (κ3) is 8.57. The quantitative estimate of drug-likeness (QED) is 0.508. The molecule has 0 aliphatic heterocycles. The molecular formula is C17H26O2. The Morgan fingerprint density at radius 3 is 2.68 bits per heavy atom. The highest BCUT2D eigenvalue weighted by Crippen LogP contribution is 2.04. The van der Waals surface area contributed by atoms with Crippen molar-refractivity contribution in [1.29, 1.82) is 0 Å². The molecule has 1 rings (SSSR count). The molecule has 0 aliphatic rings. The van der Waals surface area contributed by atoms with Crippen molar-refractivity contribution in [1.82, 2.24) is 0 Å². The molecule has 1 unspecified atom stereocenters. The van der Waals surface area contributed by atoms with Crippen LogP contribution in [-0.2, 0) is 11.3 Å². The van der Waals surface area contributed by atoms with Crippen LogP contribution < -0.4 is 0 Å². The van der Waals surface area contributed by atoms with Crippen molar-refractivity contribution in [3.63, 3.8) is 0 Å². The normalized spacial score (nSPS) is 12.9. The molecule has 1 N–H and O–H groups in total. The Bertz CT molecular complexity index is 332. The fourth-order valence-electron chi connectivity index (χ4n) is 1.84. The van der Waals surface area contributed by atoms with Crippen LogP contribution in [0.4, 0.5) is 0 Å². The number of aliphatic hydroxyl groups is 1. The maximum absolute atomic E-state index is 9.75. The van der Waals surface area contributed by atoms with Crippen LogP contribution in [-0.4, -0.2) is 17.8 Å². The minimum Gasteiger partial charge on any atom is -0.390 e. The van der Waals surface area contributed by atoms with Gasteiger partial charge >= 0.3 is 0 Å². The Labute approximate surface area is 117 Å². The Balaban J connectivity index is 2.03. The van der Waals surface area contributed by atoms with E-state index in [1.165, 1.54) is 19.3 Å². The summed E-state index contributed by atoms with van der Waals surface area (Å²) in [6, 6.07) is 10.0. The first-order valence-corrected chi connectivity index (χ1v) is 7.27. The van der Waals surface area contributed by atoms with Crippen molar-refractivity contribution in [3.8, 4) is 0 Å². The van der Waals surface area contributed by atoms with Crippen LogP contribution >= 0.6 is 0 Å². The molecule has 0 saturated heterocycles. The van der Waals surface area contributed by atoms with Gasteiger partial charge in [0.15, 0.2) is 0 Å². The average Bonchev–Trinajstić information content (AvgIpc) is 2.44. The average molecular weight is 262 g/mol. The van der Waals surface area contributed by atoms with E-state index in [1.54, 1.807) is 0 Å². The molecule has 0 amide bonds. The summed E-state index contributed by atoms with van der Waals surface area (Å²) in [6.07, 6.45) is 9.41. The fraction of sp³-hybridized carbons (Fsp3) is 0.529. The van der Waals surface area contributed by atoms with Crippen LogP contribution in [0, 0.1) is 0 Å². The molecule has 1 aromatic carbocycles. The fourth-order valence-corrected chi connectivity index (χ4v) is 1.84. The number of ether oxygens (including phenoxy) is 1. The van der Waals surface area contributed by atoms with Gasteiger partial charge in [0.1, 0.15) is 0 Å². The molecule has 106 valence electrons. The summed E-state index contributed by atoms with van der Waals surface area (Å²) >= 11 is 0. The zero-order chi connectivity index (χ0) is 13.8. The van der Waals surface area contributed by atoms with Gasteiger partial charge in [-0.2, -0.15) is 0 Å². The van der Waals surface area contributed by atoms with Crippen LogP contribution in [0.1, 0.15) is 44.6 Å². The molecule has 0 aliphatic carbocycles. The Kier molecular flexibility index (Phi) is 9.03. The second kappa shape index (κ2) is 10.8. The summed E-state index contributed by atoms with van der Waals surface area (Å²) in [5, 5.41) is 9.75. The van der Waals surface area contributed by atoms with Crippen molar-refractivity contribution in [2.45, 2.75) is 51.7 Å². The van der Waals surface area contributed by atoms with Gasteiger partial charge in [0.05, 0.1) is 19.3 Å². The van der Waals surface area contributed by atoms with E-state index in [0.717, 1.165) is 12.0 Å². The molecule has 0 heterocycles. The van der Waals surface area contributed by atoms with Gasteiger partial charge in [0, 0.05) is 0 Å². The van der Waals surface area contributed by atoms with Crippen LogP contribution in [0.2, 0.25) is 0 Å². The summed E-state index contributed by atoms with van der Waals surface area (Å²) in [6.45, 7) is 3.17. The van der Waals surface area contributed by atoms with Crippen LogP contribution in [0.5, 0.6) is 0 Å². The van der Waals surface area contributed by atoms with E-state index in [2.05, 4.69) is 19.1 Å². The van der Waals surface area contributed by atoms with Crippen molar-refractivity contribution in [2.24, 2.45) is 0 Å². The minimum atomic E-state index is -0.397. The molecule has 19 heavy (non-hydrogen) atoms. The lowest BCUT2D eigenvalue weighted by Crippen LogP contribution is -2.14. The van der Waals surface area contributed by atoms with Crippen molar-refractivity contribution in [3.05, 3.63) is 48.0 Å². The Morgan fingerprint density at radius 2 is 1.95 bits per heavy atom.